The molecule has 0 spiro atoms. The van der Waals surface area contributed by atoms with E-state index in [1.165, 1.54) is 31.4 Å². The van der Waals surface area contributed by atoms with Crippen molar-refractivity contribution >= 4 is 39.4 Å². The number of rotatable bonds is 3. The Morgan fingerprint density at radius 2 is 1.78 bits per heavy atom. The van der Waals surface area contributed by atoms with E-state index in [4.69, 9.17) is 5.73 Å². The molecule has 2 N–H and O–H groups in total. The zero-order valence-electron chi connectivity index (χ0n) is 19.2. The Balaban J connectivity index is 1.79. The summed E-state index contributed by atoms with van der Waals surface area (Å²) in [5.74, 6) is -5.04. The summed E-state index contributed by atoms with van der Waals surface area (Å²) in [6.45, 7) is 0.422. The van der Waals surface area contributed by atoms with Crippen LogP contribution in [0.5, 0.6) is 0 Å². The molecule has 188 valence electrons. The van der Waals surface area contributed by atoms with Crippen molar-refractivity contribution < 1.29 is 31.5 Å². The van der Waals surface area contributed by atoms with E-state index in [0.717, 1.165) is 23.0 Å². The molecule has 2 aromatic heterocycles. The molecule has 4 rings (SSSR count). The van der Waals surface area contributed by atoms with Crippen molar-refractivity contribution in [2.24, 2.45) is 7.05 Å². The first-order chi connectivity index (χ1) is 16.8. The average molecular weight is 506 g/mol. The Labute approximate surface area is 200 Å². The summed E-state index contributed by atoms with van der Waals surface area (Å²) in [7, 11) is 2.90. The number of nitrogens with zero attached hydrogens (tertiary/aromatic N) is 5. The predicted octanol–water partition coefficient (Wildman–Crippen LogP) is 4.04. The number of nitrogens with two attached hydrogens (primary N) is 1. The Hall–Kier alpha value is -4.29. The molecule has 0 aliphatic rings. The Morgan fingerprint density at radius 1 is 1.08 bits per heavy atom. The molecule has 0 atom stereocenters. The van der Waals surface area contributed by atoms with Crippen LogP contribution in [-0.4, -0.2) is 43.6 Å². The molecule has 0 saturated heterocycles. The lowest BCUT2D eigenvalue weighted by Gasteiger charge is -2.31. The van der Waals surface area contributed by atoms with Crippen LogP contribution < -0.4 is 5.73 Å². The molecule has 0 unspecified atom stereocenters. The molecule has 2 amide bonds. The van der Waals surface area contributed by atoms with Gasteiger partial charge in [-0.1, -0.05) is 6.07 Å². The highest BCUT2D eigenvalue weighted by molar-refractivity contribution is 6.10. The molecular formula is C23H19F5N6O2. The van der Waals surface area contributed by atoms with Gasteiger partial charge in [0.05, 0.1) is 34.7 Å². The summed E-state index contributed by atoms with van der Waals surface area (Å²) in [5.41, 5.74) is 4.77. The van der Waals surface area contributed by atoms with Crippen molar-refractivity contribution in [2.45, 2.75) is 19.6 Å². The summed E-state index contributed by atoms with van der Waals surface area (Å²) in [4.78, 5) is 29.8. The maximum absolute atomic E-state index is 14.6. The Bertz CT molecular complexity index is 1530. The number of carbonyl (C=O) groups is 2. The van der Waals surface area contributed by atoms with E-state index in [1.807, 2.05) is 0 Å². The van der Waals surface area contributed by atoms with Crippen LogP contribution in [0.4, 0.5) is 27.8 Å². The number of hydrogen-bond acceptors (Lipinski definition) is 5. The molecule has 2 heterocycles. The number of benzene rings is 2. The van der Waals surface area contributed by atoms with Crippen LogP contribution in [0.3, 0.4) is 0 Å². The van der Waals surface area contributed by atoms with Crippen LogP contribution in [0.15, 0.2) is 36.5 Å². The first-order valence-electron chi connectivity index (χ1n) is 10.4. The van der Waals surface area contributed by atoms with E-state index in [2.05, 4.69) is 10.1 Å². The highest BCUT2D eigenvalue weighted by Gasteiger charge is 2.36. The minimum absolute atomic E-state index is 0.0532. The van der Waals surface area contributed by atoms with Gasteiger partial charge in [0, 0.05) is 37.5 Å². The molecular weight excluding hydrogens is 487 g/mol. The van der Waals surface area contributed by atoms with Crippen molar-refractivity contribution in [3.05, 3.63) is 64.9 Å². The van der Waals surface area contributed by atoms with E-state index in [9.17, 15) is 31.5 Å². The number of pyridine rings is 1. The van der Waals surface area contributed by atoms with Crippen molar-refractivity contribution in [3.8, 4) is 0 Å². The SMILES string of the molecule is CC(=O)N(C)N(Cc1ccc(C(F)(F)F)c(F)c1F)C(=O)c1ccc2nc(N)c3cnn(C)c3c2c1. The minimum atomic E-state index is -5.10. The van der Waals surface area contributed by atoms with Crippen LogP contribution in [-0.2, 0) is 24.6 Å². The number of fused-ring (bicyclic) bond motifs is 3. The lowest BCUT2D eigenvalue weighted by Crippen LogP contribution is -2.46. The average Bonchev–Trinajstić information content (AvgIpc) is 3.20. The molecule has 13 heteroatoms. The van der Waals surface area contributed by atoms with Gasteiger partial charge in [-0.25, -0.2) is 18.8 Å². The predicted molar refractivity (Wildman–Crippen MR) is 120 cm³/mol. The van der Waals surface area contributed by atoms with Gasteiger partial charge in [-0.3, -0.25) is 19.3 Å². The first-order valence-corrected chi connectivity index (χ1v) is 10.4. The van der Waals surface area contributed by atoms with E-state index >= 15 is 0 Å². The number of hydrazine groups is 1. The number of halogens is 5. The first kappa shape index (κ1) is 24.8. The second-order valence-electron chi connectivity index (χ2n) is 8.06. The van der Waals surface area contributed by atoms with E-state index in [1.54, 1.807) is 11.7 Å². The second kappa shape index (κ2) is 8.73. The quantitative estimate of drug-likeness (QED) is 0.334. The van der Waals surface area contributed by atoms with E-state index in [-0.39, 0.29) is 11.4 Å². The normalized spacial score (nSPS) is 11.8. The minimum Gasteiger partial charge on any atom is -0.383 e. The fourth-order valence-corrected chi connectivity index (χ4v) is 3.82. The maximum atomic E-state index is 14.6. The van der Waals surface area contributed by atoms with Gasteiger partial charge in [-0.05, 0) is 24.3 Å². The summed E-state index contributed by atoms with van der Waals surface area (Å²) < 4.78 is 69.1. The highest BCUT2D eigenvalue weighted by atomic mass is 19.4. The number of carbonyl (C=O) groups excluding carboxylic acids is 2. The molecule has 0 aliphatic heterocycles. The third kappa shape index (κ3) is 4.16. The van der Waals surface area contributed by atoms with Gasteiger partial charge in [0.2, 0.25) is 5.91 Å². The Morgan fingerprint density at radius 3 is 2.42 bits per heavy atom. The fourth-order valence-electron chi connectivity index (χ4n) is 3.82. The lowest BCUT2D eigenvalue weighted by molar-refractivity contribution is -0.140. The van der Waals surface area contributed by atoms with E-state index < -0.39 is 47.3 Å². The number of aromatic nitrogens is 3. The fraction of sp³-hybridized carbons (Fsp3) is 0.217. The molecule has 0 aliphatic carbocycles. The summed E-state index contributed by atoms with van der Waals surface area (Å²) in [6.07, 6.45) is -3.59. The highest BCUT2D eigenvalue weighted by Crippen LogP contribution is 2.34. The summed E-state index contributed by atoms with van der Waals surface area (Å²) in [5, 5.41) is 6.89. The monoisotopic (exact) mass is 506 g/mol. The van der Waals surface area contributed by atoms with Crippen molar-refractivity contribution in [3.63, 3.8) is 0 Å². The molecule has 36 heavy (non-hydrogen) atoms. The third-order valence-corrected chi connectivity index (χ3v) is 5.79. The van der Waals surface area contributed by atoms with Crippen LogP contribution >= 0.6 is 0 Å². The standard InChI is InChI=1S/C23H19F5N6O2/c1-11(35)33(3)34(10-13-4-6-16(23(26,27)28)19(25)18(13)24)22(36)12-5-7-17-14(8-12)20-15(21(29)31-17)9-30-32(20)2/h4-9H,10H2,1-3H3,(H2,29,31). The van der Waals surface area contributed by atoms with E-state index in [0.29, 0.717) is 27.9 Å². The molecule has 2 aromatic carbocycles. The van der Waals surface area contributed by atoms with Gasteiger partial charge in [-0.2, -0.15) is 18.3 Å². The molecule has 4 aromatic rings. The summed E-state index contributed by atoms with van der Waals surface area (Å²) in [6, 6.07) is 5.52. The van der Waals surface area contributed by atoms with Crippen molar-refractivity contribution in [2.75, 3.05) is 12.8 Å². The molecule has 0 saturated carbocycles. The topological polar surface area (TPSA) is 97.3 Å². The molecule has 0 fully saturated rings. The van der Waals surface area contributed by atoms with Gasteiger partial charge in [-0.15, -0.1) is 0 Å². The van der Waals surface area contributed by atoms with Crippen LogP contribution in [0.1, 0.15) is 28.4 Å². The molecule has 0 radical (unpaired) electrons. The number of alkyl halides is 3. The summed E-state index contributed by atoms with van der Waals surface area (Å²) >= 11 is 0. The van der Waals surface area contributed by atoms with Crippen molar-refractivity contribution in [1.82, 2.24) is 24.8 Å². The number of amides is 2. The van der Waals surface area contributed by atoms with Gasteiger partial charge in [0.15, 0.2) is 11.6 Å². The number of hydrogen-bond donors (Lipinski definition) is 1. The largest absolute Gasteiger partial charge is 0.419 e. The zero-order valence-corrected chi connectivity index (χ0v) is 19.2. The second-order valence-corrected chi connectivity index (χ2v) is 8.06. The number of anilines is 1. The lowest BCUT2D eigenvalue weighted by atomic mass is 10.1. The van der Waals surface area contributed by atoms with Gasteiger partial charge in [0.1, 0.15) is 5.82 Å². The smallest absolute Gasteiger partial charge is 0.383 e. The van der Waals surface area contributed by atoms with Gasteiger partial charge >= 0.3 is 6.18 Å². The number of nitrogen functional groups attached to an aromatic ring is 1. The van der Waals surface area contributed by atoms with Crippen LogP contribution in [0, 0.1) is 11.6 Å². The van der Waals surface area contributed by atoms with Gasteiger partial charge in [0.25, 0.3) is 5.91 Å². The van der Waals surface area contributed by atoms with Crippen molar-refractivity contribution in [1.29, 1.82) is 0 Å². The van der Waals surface area contributed by atoms with Crippen LogP contribution in [0.2, 0.25) is 0 Å². The Kier molecular flexibility index (Phi) is 6.02. The van der Waals surface area contributed by atoms with Crippen LogP contribution in [0.25, 0.3) is 21.8 Å². The maximum Gasteiger partial charge on any atom is 0.419 e. The molecule has 8 nitrogen and oxygen atoms in total. The third-order valence-electron chi connectivity index (χ3n) is 5.79. The molecule has 0 bridgehead atoms. The van der Waals surface area contributed by atoms with Gasteiger partial charge < -0.3 is 5.73 Å². The zero-order chi connectivity index (χ0) is 26.5. The number of aryl methyl sites for hydroxylation is 1.